The molecule has 1 aromatic heterocycles. The normalized spacial score (nSPS) is 13.2. The van der Waals surface area contributed by atoms with Crippen LogP contribution in [0.3, 0.4) is 0 Å². The minimum absolute atomic E-state index is 0.112. The fourth-order valence-electron chi connectivity index (χ4n) is 1.66. The van der Waals surface area contributed by atoms with Gasteiger partial charge in [-0.25, -0.2) is 4.79 Å². The van der Waals surface area contributed by atoms with Crippen molar-refractivity contribution in [3.63, 3.8) is 0 Å². The molecule has 1 heterocycles. The molecule has 0 spiro atoms. The first-order valence-electron chi connectivity index (χ1n) is 7.68. The second-order valence-corrected chi connectivity index (χ2v) is 7.52. The van der Waals surface area contributed by atoms with Crippen LogP contribution in [0.1, 0.15) is 66.3 Å². The molecule has 7 heteroatoms. The van der Waals surface area contributed by atoms with Gasteiger partial charge >= 0.3 is 6.09 Å². The second kappa shape index (κ2) is 8.41. The number of hydrogen-bond acceptors (Lipinski definition) is 6. The highest BCUT2D eigenvalue weighted by Crippen LogP contribution is 2.25. The van der Waals surface area contributed by atoms with Crippen molar-refractivity contribution in [1.82, 2.24) is 15.5 Å². The third-order valence-electron chi connectivity index (χ3n) is 2.75. The van der Waals surface area contributed by atoms with E-state index in [1.165, 1.54) is 11.8 Å². The Morgan fingerprint density at radius 1 is 1.36 bits per heavy atom. The van der Waals surface area contributed by atoms with E-state index in [1.54, 1.807) is 0 Å². The Balaban J connectivity index is 2.69. The molecule has 1 amide bonds. The number of carbonyl (C=O) groups excluding carboxylic acids is 1. The molecule has 0 fully saturated rings. The smallest absolute Gasteiger partial charge is 0.408 e. The van der Waals surface area contributed by atoms with E-state index in [-0.39, 0.29) is 12.0 Å². The molecule has 0 bridgehead atoms. The van der Waals surface area contributed by atoms with Crippen LogP contribution in [0, 0.1) is 5.92 Å². The van der Waals surface area contributed by atoms with Crippen LogP contribution >= 0.6 is 11.8 Å². The van der Waals surface area contributed by atoms with E-state index in [0.29, 0.717) is 11.1 Å². The molecule has 0 aliphatic rings. The number of ether oxygens (including phenoxy) is 1. The SMILES string of the molecule is CCCCSc1nnc([C@@H](NC(=O)OC(C)(C)C)C(C)C)o1. The fourth-order valence-corrected chi connectivity index (χ4v) is 2.51. The minimum Gasteiger partial charge on any atom is -0.444 e. The largest absolute Gasteiger partial charge is 0.444 e. The molecule has 1 aromatic rings. The lowest BCUT2D eigenvalue weighted by Crippen LogP contribution is -2.37. The standard InChI is InChI=1S/C15H27N3O3S/c1-7-8-9-22-14-18-17-12(20-14)11(10(2)3)16-13(19)21-15(4,5)6/h10-11H,7-9H2,1-6H3,(H,16,19)/t11-/m0/s1. The van der Waals surface area contributed by atoms with E-state index in [2.05, 4.69) is 22.4 Å². The summed E-state index contributed by atoms with van der Waals surface area (Å²) in [6, 6.07) is -0.358. The van der Waals surface area contributed by atoms with Gasteiger partial charge in [-0.2, -0.15) is 0 Å². The molecule has 6 nitrogen and oxygen atoms in total. The first-order chi connectivity index (χ1) is 10.2. The molecule has 0 saturated heterocycles. The third kappa shape index (κ3) is 6.68. The highest BCUT2D eigenvalue weighted by Gasteiger charge is 2.26. The maximum atomic E-state index is 11.9. The first kappa shape index (κ1) is 18.8. The predicted molar refractivity (Wildman–Crippen MR) is 86.9 cm³/mol. The van der Waals surface area contributed by atoms with E-state index >= 15 is 0 Å². The summed E-state index contributed by atoms with van der Waals surface area (Å²) >= 11 is 1.54. The van der Waals surface area contributed by atoms with Gasteiger partial charge in [-0.3, -0.25) is 0 Å². The second-order valence-electron chi connectivity index (χ2n) is 6.48. The van der Waals surface area contributed by atoms with Crippen molar-refractivity contribution >= 4 is 17.9 Å². The molecule has 0 radical (unpaired) electrons. The van der Waals surface area contributed by atoms with Crippen LogP contribution in [0.15, 0.2) is 9.64 Å². The Hall–Kier alpha value is -1.24. The van der Waals surface area contributed by atoms with E-state index in [1.807, 2.05) is 34.6 Å². The summed E-state index contributed by atoms with van der Waals surface area (Å²) < 4.78 is 10.9. The summed E-state index contributed by atoms with van der Waals surface area (Å²) in [4.78, 5) is 11.9. The van der Waals surface area contributed by atoms with Crippen LogP contribution in [-0.2, 0) is 4.74 Å². The number of alkyl carbamates (subject to hydrolysis) is 1. The zero-order valence-electron chi connectivity index (χ0n) is 14.3. The average Bonchev–Trinajstić information content (AvgIpc) is 2.82. The topological polar surface area (TPSA) is 77.2 Å². The fraction of sp³-hybridized carbons (Fsp3) is 0.800. The number of aromatic nitrogens is 2. The van der Waals surface area contributed by atoms with Gasteiger partial charge in [0.25, 0.3) is 5.22 Å². The molecule has 1 N–H and O–H groups in total. The minimum atomic E-state index is -0.540. The molecule has 22 heavy (non-hydrogen) atoms. The lowest BCUT2D eigenvalue weighted by Gasteiger charge is -2.23. The highest BCUT2D eigenvalue weighted by molar-refractivity contribution is 7.99. The van der Waals surface area contributed by atoms with Crippen molar-refractivity contribution in [3.05, 3.63) is 5.89 Å². The quantitative estimate of drug-likeness (QED) is 0.597. The number of carbonyl (C=O) groups is 1. The van der Waals surface area contributed by atoms with Crippen LogP contribution in [0.2, 0.25) is 0 Å². The van der Waals surface area contributed by atoms with E-state index in [9.17, 15) is 4.79 Å². The Bertz CT molecular complexity index is 469. The van der Waals surface area contributed by atoms with Crippen molar-refractivity contribution in [1.29, 1.82) is 0 Å². The van der Waals surface area contributed by atoms with Gasteiger partial charge in [0.2, 0.25) is 5.89 Å². The molecule has 0 aliphatic heterocycles. The van der Waals surface area contributed by atoms with E-state index < -0.39 is 11.7 Å². The maximum Gasteiger partial charge on any atom is 0.408 e. The van der Waals surface area contributed by atoms with Crippen molar-refractivity contribution in [2.24, 2.45) is 5.92 Å². The van der Waals surface area contributed by atoms with Crippen LogP contribution in [0.25, 0.3) is 0 Å². The first-order valence-corrected chi connectivity index (χ1v) is 8.67. The molecule has 1 rings (SSSR count). The van der Waals surface area contributed by atoms with Crippen LogP contribution in [0.5, 0.6) is 0 Å². The number of amides is 1. The van der Waals surface area contributed by atoms with E-state index in [0.717, 1.165) is 18.6 Å². The molecule has 0 saturated carbocycles. The van der Waals surface area contributed by atoms with Crippen molar-refractivity contribution in [2.75, 3.05) is 5.75 Å². The van der Waals surface area contributed by atoms with Crippen molar-refractivity contribution in [3.8, 4) is 0 Å². The van der Waals surface area contributed by atoms with Gasteiger partial charge < -0.3 is 14.5 Å². The zero-order chi connectivity index (χ0) is 16.8. The average molecular weight is 329 g/mol. The lowest BCUT2D eigenvalue weighted by molar-refractivity contribution is 0.0477. The predicted octanol–water partition coefficient (Wildman–Crippen LogP) is 4.18. The number of hydrogen-bond donors (Lipinski definition) is 1. The number of unbranched alkanes of at least 4 members (excludes halogenated alkanes) is 1. The molecule has 0 unspecified atom stereocenters. The summed E-state index contributed by atoms with van der Waals surface area (Å²) in [5, 5.41) is 11.4. The van der Waals surface area contributed by atoms with Gasteiger partial charge in [0.15, 0.2) is 0 Å². The van der Waals surface area contributed by atoms with Crippen LogP contribution in [0.4, 0.5) is 4.79 Å². The molecular weight excluding hydrogens is 302 g/mol. The van der Waals surface area contributed by atoms with Gasteiger partial charge in [-0.15, -0.1) is 10.2 Å². The Kier molecular flexibility index (Phi) is 7.19. The molecule has 1 atom stereocenters. The lowest BCUT2D eigenvalue weighted by atomic mass is 10.1. The molecule has 0 aliphatic carbocycles. The summed E-state index contributed by atoms with van der Waals surface area (Å²) in [5.74, 6) is 1.48. The molecular formula is C15H27N3O3S. The third-order valence-corrected chi connectivity index (χ3v) is 3.66. The number of nitrogens with zero attached hydrogens (tertiary/aromatic N) is 2. The van der Waals surface area contributed by atoms with Crippen LogP contribution in [-0.4, -0.2) is 27.6 Å². The van der Waals surface area contributed by atoms with Crippen molar-refractivity contribution < 1.29 is 13.9 Å². The van der Waals surface area contributed by atoms with Crippen molar-refractivity contribution in [2.45, 2.75) is 71.2 Å². The van der Waals surface area contributed by atoms with Gasteiger partial charge in [0.05, 0.1) is 0 Å². The Morgan fingerprint density at radius 3 is 2.59 bits per heavy atom. The van der Waals surface area contributed by atoms with E-state index in [4.69, 9.17) is 9.15 Å². The Morgan fingerprint density at radius 2 is 2.05 bits per heavy atom. The summed E-state index contributed by atoms with van der Waals surface area (Å²) in [6.07, 6.45) is 1.75. The maximum absolute atomic E-state index is 11.9. The summed E-state index contributed by atoms with van der Waals surface area (Å²) in [7, 11) is 0. The molecule has 0 aromatic carbocycles. The number of thioether (sulfide) groups is 1. The molecule has 126 valence electrons. The van der Waals surface area contributed by atoms with Gasteiger partial charge in [0, 0.05) is 5.75 Å². The van der Waals surface area contributed by atoms with Gasteiger partial charge in [-0.05, 0) is 33.1 Å². The highest BCUT2D eigenvalue weighted by atomic mass is 32.2. The summed E-state index contributed by atoms with van der Waals surface area (Å²) in [6.45, 7) is 11.6. The van der Waals surface area contributed by atoms with Gasteiger partial charge in [-0.1, -0.05) is 39.0 Å². The monoisotopic (exact) mass is 329 g/mol. The van der Waals surface area contributed by atoms with Gasteiger partial charge in [0.1, 0.15) is 11.6 Å². The Labute approximate surface area is 136 Å². The number of nitrogens with one attached hydrogen (secondary N) is 1. The summed E-state index contributed by atoms with van der Waals surface area (Å²) in [5.41, 5.74) is -0.540. The zero-order valence-corrected chi connectivity index (χ0v) is 15.1. The number of rotatable bonds is 7. The van der Waals surface area contributed by atoms with Crippen LogP contribution < -0.4 is 5.32 Å².